The third kappa shape index (κ3) is 3.11. The Morgan fingerprint density at radius 2 is 1.96 bits per heavy atom. The number of aryl methyl sites for hydroxylation is 1. The molecule has 2 amide bonds. The number of likely N-dealkylation sites (N-methyl/N-ethyl adjacent to an activating group) is 1. The molecule has 0 atom stereocenters. The van der Waals surface area contributed by atoms with E-state index in [0.29, 0.717) is 28.1 Å². The van der Waals surface area contributed by atoms with Crippen LogP contribution in [0.15, 0.2) is 51.7 Å². The van der Waals surface area contributed by atoms with Crippen LogP contribution in [0.25, 0.3) is 11.0 Å². The molecule has 142 valence electrons. The summed E-state index contributed by atoms with van der Waals surface area (Å²) in [5, 5.41) is 3.14. The van der Waals surface area contributed by atoms with Crippen LogP contribution in [0.1, 0.15) is 23.0 Å². The van der Waals surface area contributed by atoms with Gasteiger partial charge in [0.1, 0.15) is 11.3 Å². The largest absolute Gasteiger partial charge is 0.482 e. The molecule has 1 aliphatic heterocycles. The summed E-state index contributed by atoms with van der Waals surface area (Å²) in [6, 6.07) is 11.5. The molecule has 4 rings (SSSR count). The molecule has 28 heavy (non-hydrogen) atoms. The van der Waals surface area contributed by atoms with Crippen molar-refractivity contribution < 1.29 is 18.7 Å². The third-order valence-electron chi connectivity index (χ3n) is 4.73. The summed E-state index contributed by atoms with van der Waals surface area (Å²) in [6.07, 6.45) is 0.802. The lowest BCUT2D eigenvalue weighted by molar-refractivity contribution is -0.120. The van der Waals surface area contributed by atoms with Crippen molar-refractivity contribution in [3.05, 3.63) is 64.0 Å². The highest BCUT2D eigenvalue weighted by Gasteiger charge is 2.23. The van der Waals surface area contributed by atoms with Gasteiger partial charge in [0.15, 0.2) is 17.8 Å². The van der Waals surface area contributed by atoms with Crippen LogP contribution in [-0.4, -0.2) is 25.5 Å². The highest BCUT2D eigenvalue weighted by Crippen LogP contribution is 2.33. The van der Waals surface area contributed by atoms with E-state index in [1.807, 2.05) is 13.0 Å². The number of hydrogen-bond donors (Lipinski definition) is 1. The number of nitrogens with one attached hydrogen (secondary N) is 1. The number of amides is 2. The number of ether oxygens (including phenoxy) is 1. The summed E-state index contributed by atoms with van der Waals surface area (Å²) in [4.78, 5) is 38.2. The molecule has 0 spiro atoms. The zero-order valence-electron chi connectivity index (χ0n) is 15.4. The van der Waals surface area contributed by atoms with E-state index < -0.39 is 5.91 Å². The van der Waals surface area contributed by atoms with Crippen LogP contribution in [0.4, 0.5) is 11.4 Å². The first-order valence-electron chi connectivity index (χ1n) is 8.88. The van der Waals surface area contributed by atoms with E-state index in [0.717, 1.165) is 12.0 Å². The fourth-order valence-corrected chi connectivity index (χ4v) is 3.08. The minimum absolute atomic E-state index is 0.0167. The van der Waals surface area contributed by atoms with Gasteiger partial charge in [-0.25, -0.2) is 0 Å². The molecule has 0 aliphatic carbocycles. The Balaban J connectivity index is 1.64. The molecule has 0 unspecified atom stereocenters. The lowest BCUT2D eigenvalue weighted by atomic mass is 10.1. The van der Waals surface area contributed by atoms with Crippen molar-refractivity contribution in [2.24, 2.45) is 0 Å². The predicted octanol–water partition coefficient (Wildman–Crippen LogP) is 2.96. The van der Waals surface area contributed by atoms with Crippen molar-refractivity contribution >= 4 is 34.2 Å². The van der Waals surface area contributed by atoms with E-state index in [1.54, 1.807) is 37.4 Å². The number of anilines is 2. The molecule has 1 N–H and O–H groups in total. The molecule has 3 aromatic rings. The highest BCUT2D eigenvalue weighted by atomic mass is 16.5. The van der Waals surface area contributed by atoms with Gasteiger partial charge in [0.25, 0.3) is 11.8 Å². The first-order valence-corrected chi connectivity index (χ1v) is 8.88. The molecule has 0 bridgehead atoms. The topological polar surface area (TPSA) is 88.8 Å². The van der Waals surface area contributed by atoms with Crippen LogP contribution < -0.4 is 20.4 Å². The molecule has 7 nitrogen and oxygen atoms in total. The smallest absolute Gasteiger partial charge is 0.291 e. The van der Waals surface area contributed by atoms with E-state index in [9.17, 15) is 14.4 Å². The molecule has 0 radical (unpaired) electrons. The minimum Gasteiger partial charge on any atom is -0.482 e. The van der Waals surface area contributed by atoms with Crippen molar-refractivity contribution in [2.45, 2.75) is 13.3 Å². The van der Waals surface area contributed by atoms with Crippen molar-refractivity contribution in [2.75, 3.05) is 23.9 Å². The van der Waals surface area contributed by atoms with Gasteiger partial charge in [-0.3, -0.25) is 14.4 Å². The number of carbonyl (C=O) groups is 2. The number of hydrogen-bond acceptors (Lipinski definition) is 5. The average Bonchev–Trinajstić information content (AvgIpc) is 2.70. The maximum Gasteiger partial charge on any atom is 0.291 e. The maximum atomic E-state index is 12.6. The predicted molar refractivity (Wildman–Crippen MR) is 105 cm³/mol. The van der Waals surface area contributed by atoms with E-state index in [-0.39, 0.29) is 23.7 Å². The molecular weight excluding hydrogens is 360 g/mol. The average molecular weight is 378 g/mol. The van der Waals surface area contributed by atoms with E-state index in [2.05, 4.69) is 5.32 Å². The lowest BCUT2D eigenvalue weighted by Crippen LogP contribution is -2.35. The summed E-state index contributed by atoms with van der Waals surface area (Å²) in [6.45, 7) is 1.98. The Hall–Kier alpha value is -3.61. The van der Waals surface area contributed by atoms with Crippen molar-refractivity contribution in [3.8, 4) is 5.75 Å². The molecule has 0 saturated carbocycles. The van der Waals surface area contributed by atoms with Gasteiger partial charge < -0.3 is 19.4 Å². The summed E-state index contributed by atoms with van der Waals surface area (Å²) in [5.74, 6) is -0.253. The minimum atomic E-state index is -0.552. The summed E-state index contributed by atoms with van der Waals surface area (Å²) in [5.41, 5.74) is 2.12. The monoisotopic (exact) mass is 378 g/mol. The molecule has 2 aromatic carbocycles. The van der Waals surface area contributed by atoms with Crippen LogP contribution in [0.3, 0.4) is 0 Å². The van der Waals surface area contributed by atoms with Gasteiger partial charge in [-0.15, -0.1) is 0 Å². The zero-order chi connectivity index (χ0) is 19.8. The number of benzene rings is 2. The SMILES string of the molecule is CCc1ccc2oc(C(=O)Nc3ccc4c(c3)N(C)C(=O)CO4)cc(=O)c2c1. The first-order chi connectivity index (χ1) is 13.5. The van der Waals surface area contributed by atoms with Gasteiger partial charge in [0, 0.05) is 18.8 Å². The van der Waals surface area contributed by atoms with Crippen LogP contribution in [0.5, 0.6) is 5.75 Å². The molecule has 2 heterocycles. The van der Waals surface area contributed by atoms with Crippen LogP contribution in [0, 0.1) is 0 Å². The number of rotatable bonds is 3. The Bertz CT molecular complexity index is 1170. The van der Waals surface area contributed by atoms with E-state index in [1.165, 1.54) is 11.0 Å². The summed E-state index contributed by atoms with van der Waals surface area (Å²) < 4.78 is 11.0. The van der Waals surface area contributed by atoms with Crippen LogP contribution >= 0.6 is 0 Å². The fraction of sp³-hybridized carbons (Fsp3) is 0.190. The molecule has 0 fully saturated rings. The van der Waals surface area contributed by atoms with E-state index >= 15 is 0 Å². The fourth-order valence-electron chi connectivity index (χ4n) is 3.08. The summed E-state index contributed by atoms with van der Waals surface area (Å²) in [7, 11) is 1.64. The van der Waals surface area contributed by atoms with Gasteiger partial charge >= 0.3 is 0 Å². The summed E-state index contributed by atoms with van der Waals surface area (Å²) >= 11 is 0. The van der Waals surface area contributed by atoms with E-state index in [4.69, 9.17) is 9.15 Å². The number of fused-ring (bicyclic) bond motifs is 2. The maximum absolute atomic E-state index is 12.6. The van der Waals surface area contributed by atoms with Crippen LogP contribution in [-0.2, 0) is 11.2 Å². The second-order valence-electron chi connectivity index (χ2n) is 6.54. The Morgan fingerprint density at radius 1 is 1.14 bits per heavy atom. The number of carbonyl (C=O) groups excluding carboxylic acids is 2. The van der Waals surface area contributed by atoms with Gasteiger partial charge in [0.2, 0.25) is 0 Å². The van der Waals surface area contributed by atoms with Gasteiger partial charge in [-0.1, -0.05) is 13.0 Å². The molecule has 1 aromatic heterocycles. The first kappa shape index (κ1) is 17.8. The second-order valence-corrected chi connectivity index (χ2v) is 6.54. The third-order valence-corrected chi connectivity index (χ3v) is 4.73. The Morgan fingerprint density at radius 3 is 2.75 bits per heavy atom. The molecule has 1 aliphatic rings. The quantitative estimate of drug-likeness (QED) is 0.757. The lowest BCUT2D eigenvalue weighted by Gasteiger charge is -2.26. The second kappa shape index (κ2) is 6.84. The molecular formula is C21H18N2O5. The Kier molecular flexibility index (Phi) is 4.35. The van der Waals surface area contributed by atoms with Gasteiger partial charge in [-0.2, -0.15) is 0 Å². The standard InChI is InChI=1S/C21H18N2O5/c1-3-12-4-6-17-14(8-12)16(24)10-19(28-17)21(26)22-13-5-7-18-15(9-13)23(2)20(25)11-27-18/h4-10H,3,11H2,1-2H3,(H,22,26). The van der Waals surface area contributed by atoms with Crippen molar-refractivity contribution in [1.82, 2.24) is 0 Å². The van der Waals surface area contributed by atoms with Crippen LogP contribution in [0.2, 0.25) is 0 Å². The van der Waals surface area contributed by atoms with Gasteiger partial charge in [-0.05, 0) is 42.3 Å². The normalized spacial score (nSPS) is 13.2. The van der Waals surface area contributed by atoms with Crippen molar-refractivity contribution in [1.29, 1.82) is 0 Å². The van der Waals surface area contributed by atoms with Crippen molar-refractivity contribution in [3.63, 3.8) is 0 Å². The molecule has 0 saturated heterocycles. The number of nitrogens with zero attached hydrogens (tertiary/aromatic N) is 1. The molecule has 7 heteroatoms. The zero-order valence-corrected chi connectivity index (χ0v) is 15.4. The highest BCUT2D eigenvalue weighted by molar-refractivity contribution is 6.04. The van der Waals surface area contributed by atoms with Gasteiger partial charge in [0.05, 0.1) is 11.1 Å². The Labute approximate surface area is 160 Å².